The SMILES string of the molecule is O=C(c1cc2ccccc2s1)c1cc([C@H]2C[C@@H](O)C[C@@H](CO)O2)c(O)cc1O. The van der Waals surface area contributed by atoms with Crippen molar-refractivity contribution < 1.29 is 30.0 Å². The topological polar surface area (TPSA) is 107 Å². The number of hydrogen-bond donors (Lipinski definition) is 4. The van der Waals surface area contributed by atoms with Gasteiger partial charge in [-0.2, -0.15) is 0 Å². The van der Waals surface area contributed by atoms with Gasteiger partial charge in [-0.25, -0.2) is 0 Å². The van der Waals surface area contributed by atoms with Crippen molar-refractivity contribution in [3.8, 4) is 11.5 Å². The number of benzene rings is 2. The highest BCUT2D eigenvalue weighted by molar-refractivity contribution is 7.21. The molecule has 4 rings (SSSR count). The summed E-state index contributed by atoms with van der Waals surface area (Å²) in [5.74, 6) is -0.894. The maximum absolute atomic E-state index is 13.0. The molecule has 0 bridgehead atoms. The van der Waals surface area contributed by atoms with Crippen LogP contribution in [-0.4, -0.2) is 45.0 Å². The Kier molecular flexibility index (Phi) is 5.07. The molecule has 1 aliphatic heterocycles. The van der Waals surface area contributed by atoms with Crippen LogP contribution in [0.1, 0.15) is 39.7 Å². The van der Waals surface area contributed by atoms with Gasteiger partial charge in [0, 0.05) is 29.2 Å². The van der Waals surface area contributed by atoms with Crippen LogP contribution in [-0.2, 0) is 4.74 Å². The van der Waals surface area contributed by atoms with Crippen LogP contribution in [0.4, 0.5) is 0 Å². The van der Waals surface area contributed by atoms with Crippen molar-refractivity contribution in [1.29, 1.82) is 0 Å². The molecule has 28 heavy (non-hydrogen) atoms. The Bertz CT molecular complexity index is 994. The lowest BCUT2D eigenvalue weighted by Crippen LogP contribution is -2.33. The standard InChI is InChI=1S/C21H20O6S/c22-10-13-6-12(23)7-18(27-13)14-8-15(17(25)9-16(14)24)21(26)20-5-11-3-1-2-4-19(11)28-20/h1-5,8-9,12-13,18,22-25H,6-7,10H2/t12-,13-,18+/m0/s1. The highest BCUT2D eigenvalue weighted by atomic mass is 32.1. The van der Waals surface area contributed by atoms with Crippen molar-refractivity contribution in [2.45, 2.75) is 31.2 Å². The Morgan fingerprint density at radius 2 is 1.89 bits per heavy atom. The first-order valence-corrected chi connectivity index (χ1v) is 9.81. The minimum absolute atomic E-state index is 0.0589. The number of carbonyl (C=O) groups excluding carboxylic acids is 1. The highest BCUT2D eigenvalue weighted by Crippen LogP contribution is 2.40. The van der Waals surface area contributed by atoms with Crippen LogP contribution < -0.4 is 0 Å². The molecule has 4 N–H and O–H groups in total. The third-order valence-electron chi connectivity index (χ3n) is 4.97. The summed E-state index contributed by atoms with van der Waals surface area (Å²) in [4.78, 5) is 13.5. The molecule has 7 heteroatoms. The zero-order valence-corrected chi connectivity index (χ0v) is 15.7. The second kappa shape index (κ2) is 7.52. The summed E-state index contributed by atoms with van der Waals surface area (Å²) >= 11 is 1.33. The molecular weight excluding hydrogens is 380 g/mol. The maximum atomic E-state index is 13.0. The van der Waals surface area contributed by atoms with Crippen LogP contribution in [0.15, 0.2) is 42.5 Å². The number of aliphatic hydroxyl groups is 2. The molecule has 0 unspecified atom stereocenters. The average Bonchev–Trinajstić information content (AvgIpc) is 3.11. The van der Waals surface area contributed by atoms with Crippen molar-refractivity contribution in [3.05, 3.63) is 58.5 Å². The van der Waals surface area contributed by atoms with E-state index in [2.05, 4.69) is 0 Å². The van der Waals surface area contributed by atoms with E-state index in [-0.39, 0.29) is 35.9 Å². The van der Waals surface area contributed by atoms with Gasteiger partial charge in [0.05, 0.1) is 35.4 Å². The zero-order chi connectivity index (χ0) is 19.8. The summed E-state index contributed by atoms with van der Waals surface area (Å²) in [6, 6.07) is 11.9. The van der Waals surface area contributed by atoms with E-state index in [1.165, 1.54) is 17.4 Å². The van der Waals surface area contributed by atoms with E-state index in [0.29, 0.717) is 16.9 Å². The number of carbonyl (C=O) groups is 1. The number of aromatic hydroxyl groups is 2. The Hall–Kier alpha value is -2.45. The van der Waals surface area contributed by atoms with E-state index in [4.69, 9.17) is 4.74 Å². The molecule has 1 aliphatic rings. The van der Waals surface area contributed by atoms with Gasteiger partial charge in [0.1, 0.15) is 11.5 Å². The van der Waals surface area contributed by atoms with Crippen molar-refractivity contribution in [2.24, 2.45) is 0 Å². The lowest BCUT2D eigenvalue weighted by molar-refractivity contribution is -0.114. The Morgan fingerprint density at radius 3 is 2.64 bits per heavy atom. The van der Waals surface area contributed by atoms with Gasteiger partial charge in [0.25, 0.3) is 0 Å². The number of ether oxygens (including phenoxy) is 1. The van der Waals surface area contributed by atoms with Crippen molar-refractivity contribution >= 4 is 27.2 Å². The minimum Gasteiger partial charge on any atom is -0.507 e. The monoisotopic (exact) mass is 400 g/mol. The second-order valence-electron chi connectivity index (χ2n) is 6.96. The Balaban J connectivity index is 1.71. The summed E-state index contributed by atoms with van der Waals surface area (Å²) in [5.41, 5.74) is 0.364. The number of phenolic OH excluding ortho intramolecular Hbond substituents is 2. The zero-order valence-electron chi connectivity index (χ0n) is 14.9. The first kappa shape index (κ1) is 18.9. The van der Waals surface area contributed by atoms with Crippen LogP contribution in [0.25, 0.3) is 10.1 Å². The lowest BCUT2D eigenvalue weighted by atomic mass is 9.93. The average molecular weight is 400 g/mol. The fourth-order valence-electron chi connectivity index (χ4n) is 3.57. The molecule has 146 valence electrons. The largest absolute Gasteiger partial charge is 0.507 e. The third kappa shape index (κ3) is 3.49. The van der Waals surface area contributed by atoms with Gasteiger partial charge in [-0.15, -0.1) is 11.3 Å². The van der Waals surface area contributed by atoms with Crippen molar-refractivity contribution in [1.82, 2.24) is 0 Å². The molecular formula is C21H20O6S. The maximum Gasteiger partial charge on any atom is 0.206 e. The van der Waals surface area contributed by atoms with Crippen LogP contribution in [0.3, 0.4) is 0 Å². The van der Waals surface area contributed by atoms with E-state index < -0.39 is 18.3 Å². The molecule has 0 aliphatic carbocycles. The highest BCUT2D eigenvalue weighted by Gasteiger charge is 2.32. The summed E-state index contributed by atoms with van der Waals surface area (Å²) in [5, 5.41) is 40.9. The van der Waals surface area contributed by atoms with Gasteiger partial charge < -0.3 is 25.2 Å². The van der Waals surface area contributed by atoms with E-state index in [9.17, 15) is 25.2 Å². The molecule has 0 amide bonds. The molecule has 1 saturated heterocycles. The number of ketones is 1. The minimum atomic E-state index is -0.689. The first-order valence-electron chi connectivity index (χ1n) is 8.99. The van der Waals surface area contributed by atoms with Crippen LogP contribution in [0, 0.1) is 0 Å². The molecule has 0 saturated carbocycles. The molecule has 1 fully saturated rings. The van der Waals surface area contributed by atoms with Crippen LogP contribution in [0.5, 0.6) is 11.5 Å². The van der Waals surface area contributed by atoms with Crippen LogP contribution >= 0.6 is 11.3 Å². The predicted octanol–water partition coefficient (Wildman–Crippen LogP) is 3.12. The molecule has 2 aromatic carbocycles. The van der Waals surface area contributed by atoms with Gasteiger partial charge >= 0.3 is 0 Å². The number of fused-ring (bicyclic) bond motifs is 1. The predicted molar refractivity (Wildman–Crippen MR) is 105 cm³/mol. The normalized spacial score (nSPS) is 22.4. The van der Waals surface area contributed by atoms with E-state index in [0.717, 1.165) is 16.2 Å². The fraction of sp³-hybridized carbons (Fsp3) is 0.286. The second-order valence-corrected chi connectivity index (χ2v) is 8.04. The van der Waals surface area contributed by atoms with Gasteiger partial charge in [-0.05, 0) is 23.6 Å². The Morgan fingerprint density at radius 1 is 1.11 bits per heavy atom. The van der Waals surface area contributed by atoms with Crippen molar-refractivity contribution in [3.63, 3.8) is 0 Å². The Labute approximate surface area is 165 Å². The summed E-state index contributed by atoms with van der Waals surface area (Å²) in [7, 11) is 0. The summed E-state index contributed by atoms with van der Waals surface area (Å²) < 4.78 is 6.71. The van der Waals surface area contributed by atoms with E-state index >= 15 is 0 Å². The van der Waals surface area contributed by atoms with Gasteiger partial charge in [-0.1, -0.05) is 18.2 Å². The van der Waals surface area contributed by atoms with Gasteiger partial charge in [0.2, 0.25) is 5.78 Å². The number of rotatable bonds is 4. The van der Waals surface area contributed by atoms with Gasteiger partial charge in [-0.3, -0.25) is 4.79 Å². The number of aliphatic hydroxyl groups excluding tert-OH is 2. The van der Waals surface area contributed by atoms with Crippen LogP contribution in [0.2, 0.25) is 0 Å². The number of hydrogen-bond acceptors (Lipinski definition) is 7. The summed E-state index contributed by atoms with van der Waals surface area (Å²) in [6.45, 7) is -0.250. The van der Waals surface area contributed by atoms with E-state index in [1.54, 1.807) is 6.07 Å². The molecule has 2 heterocycles. The number of phenols is 2. The fourth-order valence-corrected chi connectivity index (χ4v) is 4.59. The first-order chi connectivity index (χ1) is 13.5. The lowest BCUT2D eigenvalue weighted by Gasteiger charge is -2.33. The molecule has 6 nitrogen and oxygen atoms in total. The summed E-state index contributed by atoms with van der Waals surface area (Å²) in [6.07, 6.45) is -1.39. The van der Waals surface area contributed by atoms with E-state index in [1.807, 2.05) is 24.3 Å². The third-order valence-corrected chi connectivity index (χ3v) is 6.08. The van der Waals surface area contributed by atoms with Gasteiger partial charge in [0.15, 0.2) is 0 Å². The molecule has 1 aromatic heterocycles. The quantitative estimate of drug-likeness (QED) is 0.501. The van der Waals surface area contributed by atoms with Crippen molar-refractivity contribution in [2.75, 3.05) is 6.61 Å². The molecule has 0 radical (unpaired) electrons. The number of thiophene rings is 1. The molecule has 0 spiro atoms. The smallest absolute Gasteiger partial charge is 0.206 e. The molecule has 3 aromatic rings. The molecule has 3 atom stereocenters.